The van der Waals surface area contributed by atoms with Gasteiger partial charge in [-0.3, -0.25) is 0 Å². The second kappa shape index (κ2) is 10.4. The molecule has 0 radical (unpaired) electrons. The molecule has 164 valence electrons. The van der Waals surface area contributed by atoms with Crippen molar-refractivity contribution in [1.82, 2.24) is 14.7 Å². The zero-order valence-electron chi connectivity index (χ0n) is 17.4. The molecule has 2 N–H and O–H groups in total. The lowest BCUT2D eigenvalue weighted by molar-refractivity contribution is 0.322. The predicted molar refractivity (Wildman–Crippen MR) is 116 cm³/mol. The zero-order valence-corrected chi connectivity index (χ0v) is 18.2. The van der Waals surface area contributed by atoms with Gasteiger partial charge in [-0.05, 0) is 38.8 Å². The van der Waals surface area contributed by atoms with E-state index in [2.05, 4.69) is 24.9 Å². The van der Waals surface area contributed by atoms with Crippen molar-refractivity contribution >= 4 is 21.7 Å². The lowest BCUT2D eigenvalue weighted by Gasteiger charge is -2.17. The van der Waals surface area contributed by atoms with Crippen LogP contribution in [0.15, 0.2) is 35.5 Å². The van der Waals surface area contributed by atoms with Gasteiger partial charge in [0.1, 0.15) is 34.4 Å². The van der Waals surface area contributed by atoms with Crippen LogP contribution in [-0.4, -0.2) is 57.8 Å². The van der Waals surface area contributed by atoms with Crippen LogP contribution in [0.3, 0.4) is 0 Å². The number of nitrogens with zero attached hydrogens (tertiary/aromatic N) is 3. The molecule has 0 amide bonds. The second-order valence-corrected chi connectivity index (χ2v) is 8.49. The van der Waals surface area contributed by atoms with Gasteiger partial charge in [0, 0.05) is 38.3 Å². The standard InChI is InChI=1S/C20H29N5O4S/c1-3-28-16-7-8-17(29-4-2)18(13-16)30(26,27)24-10-9-21-19-14-20(23-15-22-19)25-11-5-6-12-25/h7-8,13-15,24H,3-6,9-12H2,1-2H3,(H,21,22,23). The van der Waals surface area contributed by atoms with E-state index in [0.29, 0.717) is 37.1 Å². The predicted octanol–water partition coefficient (Wildman–Crippen LogP) is 2.26. The normalized spacial score (nSPS) is 14.0. The highest BCUT2D eigenvalue weighted by Crippen LogP contribution is 2.28. The smallest absolute Gasteiger partial charge is 0.244 e. The molecular formula is C20H29N5O4S. The van der Waals surface area contributed by atoms with Crippen LogP contribution in [-0.2, 0) is 10.0 Å². The van der Waals surface area contributed by atoms with E-state index in [1.807, 2.05) is 19.9 Å². The quantitative estimate of drug-likeness (QED) is 0.518. The number of hydrogen-bond acceptors (Lipinski definition) is 8. The molecule has 0 atom stereocenters. The van der Waals surface area contributed by atoms with Gasteiger partial charge in [-0.15, -0.1) is 0 Å². The van der Waals surface area contributed by atoms with Crippen molar-refractivity contribution in [3.8, 4) is 11.5 Å². The van der Waals surface area contributed by atoms with Gasteiger partial charge in [-0.25, -0.2) is 23.1 Å². The molecule has 0 saturated carbocycles. The first kappa shape index (κ1) is 22.1. The first-order valence-electron chi connectivity index (χ1n) is 10.2. The van der Waals surface area contributed by atoms with Gasteiger partial charge in [0.25, 0.3) is 0 Å². The molecule has 1 aliphatic rings. The number of benzene rings is 1. The minimum Gasteiger partial charge on any atom is -0.494 e. The summed E-state index contributed by atoms with van der Waals surface area (Å²) in [6, 6.07) is 6.68. The fourth-order valence-corrected chi connectivity index (χ4v) is 4.44. The summed E-state index contributed by atoms with van der Waals surface area (Å²) in [6.45, 7) is 7.03. The Morgan fingerprint density at radius 2 is 1.80 bits per heavy atom. The summed E-state index contributed by atoms with van der Waals surface area (Å²) in [7, 11) is -3.77. The number of ether oxygens (including phenoxy) is 2. The first-order valence-corrected chi connectivity index (χ1v) is 11.7. The maximum atomic E-state index is 12.8. The number of nitrogens with one attached hydrogen (secondary N) is 2. The van der Waals surface area contributed by atoms with Crippen molar-refractivity contribution in [2.24, 2.45) is 0 Å². The molecule has 0 bridgehead atoms. The Balaban J connectivity index is 1.60. The Bertz CT molecular complexity index is 933. The summed E-state index contributed by atoms with van der Waals surface area (Å²) in [4.78, 5) is 10.8. The Kier molecular flexibility index (Phi) is 7.69. The highest BCUT2D eigenvalue weighted by atomic mass is 32.2. The highest BCUT2D eigenvalue weighted by molar-refractivity contribution is 7.89. The van der Waals surface area contributed by atoms with Crippen LogP contribution in [0.5, 0.6) is 11.5 Å². The van der Waals surface area contributed by atoms with E-state index < -0.39 is 10.0 Å². The maximum absolute atomic E-state index is 12.8. The summed E-state index contributed by atoms with van der Waals surface area (Å²) < 4.78 is 39.2. The van der Waals surface area contributed by atoms with Crippen LogP contribution in [0.2, 0.25) is 0 Å². The van der Waals surface area contributed by atoms with Gasteiger partial charge in [0.2, 0.25) is 10.0 Å². The van der Waals surface area contributed by atoms with Crippen molar-refractivity contribution in [3.63, 3.8) is 0 Å². The van der Waals surface area contributed by atoms with Gasteiger partial charge in [-0.1, -0.05) is 0 Å². The topological polar surface area (TPSA) is 106 Å². The fourth-order valence-electron chi connectivity index (χ4n) is 3.25. The number of sulfonamides is 1. The number of hydrogen-bond donors (Lipinski definition) is 2. The maximum Gasteiger partial charge on any atom is 0.244 e. The molecule has 1 fully saturated rings. The van der Waals surface area contributed by atoms with Crippen LogP contribution >= 0.6 is 0 Å². The SMILES string of the molecule is CCOc1ccc(OCC)c(S(=O)(=O)NCCNc2cc(N3CCCC3)ncn2)c1. The van der Waals surface area contributed by atoms with E-state index in [-0.39, 0.29) is 11.4 Å². The summed E-state index contributed by atoms with van der Waals surface area (Å²) in [6.07, 6.45) is 3.86. The molecule has 0 unspecified atom stereocenters. The van der Waals surface area contributed by atoms with Crippen molar-refractivity contribution in [1.29, 1.82) is 0 Å². The third kappa shape index (κ3) is 5.73. The summed E-state index contributed by atoms with van der Waals surface area (Å²) in [5.41, 5.74) is 0. The van der Waals surface area contributed by atoms with E-state index in [4.69, 9.17) is 9.47 Å². The van der Waals surface area contributed by atoms with Crippen molar-refractivity contribution in [3.05, 3.63) is 30.6 Å². The lowest BCUT2D eigenvalue weighted by atomic mass is 10.3. The van der Waals surface area contributed by atoms with E-state index in [9.17, 15) is 8.42 Å². The molecule has 3 rings (SSSR count). The van der Waals surface area contributed by atoms with Crippen molar-refractivity contribution < 1.29 is 17.9 Å². The van der Waals surface area contributed by atoms with Crippen LogP contribution < -0.4 is 24.4 Å². The van der Waals surface area contributed by atoms with Gasteiger partial charge >= 0.3 is 0 Å². The molecule has 9 nitrogen and oxygen atoms in total. The first-order chi connectivity index (χ1) is 14.5. The average Bonchev–Trinajstić information content (AvgIpc) is 3.28. The summed E-state index contributed by atoms with van der Waals surface area (Å²) in [5.74, 6) is 2.33. The minimum absolute atomic E-state index is 0.0636. The van der Waals surface area contributed by atoms with E-state index in [0.717, 1.165) is 18.9 Å². The molecule has 30 heavy (non-hydrogen) atoms. The fraction of sp³-hybridized carbons (Fsp3) is 0.500. The number of aromatic nitrogens is 2. The molecule has 1 aliphatic heterocycles. The Morgan fingerprint density at radius 1 is 1.03 bits per heavy atom. The average molecular weight is 436 g/mol. The van der Waals surface area contributed by atoms with Crippen LogP contribution in [0.4, 0.5) is 11.6 Å². The molecule has 2 aromatic rings. The second-order valence-electron chi connectivity index (χ2n) is 6.75. The van der Waals surface area contributed by atoms with Gasteiger partial charge in [-0.2, -0.15) is 0 Å². The van der Waals surface area contributed by atoms with Gasteiger partial charge in [0.15, 0.2) is 0 Å². The number of rotatable bonds is 11. The molecule has 1 aromatic heterocycles. The van der Waals surface area contributed by atoms with Crippen LogP contribution in [0.1, 0.15) is 26.7 Å². The Morgan fingerprint density at radius 3 is 2.53 bits per heavy atom. The molecular weight excluding hydrogens is 406 g/mol. The van der Waals surface area contributed by atoms with Crippen LogP contribution in [0.25, 0.3) is 0 Å². The van der Waals surface area contributed by atoms with Crippen molar-refractivity contribution in [2.75, 3.05) is 49.6 Å². The summed E-state index contributed by atoms with van der Waals surface area (Å²) >= 11 is 0. The van der Waals surface area contributed by atoms with Crippen molar-refractivity contribution in [2.45, 2.75) is 31.6 Å². The van der Waals surface area contributed by atoms with Crippen LogP contribution in [0, 0.1) is 0 Å². The molecule has 0 spiro atoms. The molecule has 1 aromatic carbocycles. The third-order valence-corrected chi connectivity index (χ3v) is 6.10. The highest BCUT2D eigenvalue weighted by Gasteiger charge is 2.20. The molecule has 1 saturated heterocycles. The monoisotopic (exact) mass is 435 g/mol. The van der Waals surface area contributed by atoms with E-state index in [1.165, 1.54) is 25.2 Å². The molecule has 2 heterocycles. The van der Waals surface area contributed by atoms with E-state index >= 15 is 0 Å². The van der Waals surface area contributed by atoms with Gasteiger partial charge in [0.05, 0.1) is 13.2 Å². The zero-order chi connectivity index (χ0) is 21.4. The van der Waals surface area contributed by atoms with Gasteiger partial charge < -0.3 is 19.7 Å². The minimum atomic E-state index is -3.77. The largest absolute Gasteiger partial charge is 0.494 e. The lowest BCUT2D eigenvalue weighted by Crippen LogP contribution is -2.29. The Labute approximate surface area is 177 Å². The molecule has 10 heteroatoms. The third-order valence-electron chi connectivity index (χ3n) is 4.62. The summed E-state index contributed by atoms with van der Waals surface area (Å²) in [5, 5.41) is 3.14. The van der Waals surface area contributed by atoms with E-state index in [1.54, 1.807) is 12.1 Å². The molecule has 0 aliphatic carbocycles. The Hall–Kier alpha value is -2.59. The number of anilines is 2.